The summed E-state index contributed by atoms with van der Waals surface area (Å²) in [5, 5.41) is 11.0. The van der Waals surface area contributed by atoms with Gasteiger partial charge in [0.2, 0.25) is 5.95 Å². The van der Waals surface area contributed by atoms with Crippen LogP contribution in [0, 0.1) is 10.1 Å². The summed E-state index contributed by atoms with van der Waals surface area (Å²) in [5.41, 5.74) is 0.321. The molecule has 8 heteroatoms. The smallest absolute Gasteiger partial charge is 0.329 e. The summed E-state index contributed by atoms with van der Waals surface area (Å²) in [6.45, 7) is 0.547. The molecule has 0 spiro atoms. The van der Waals surface area contributed by atoms with Gasteiger partial charge in [-0.15, -0.1) is 0 Å². The number of para-hydroxylation sites is 1. The maximum atomic E-state index is 12.5. The monoisotopic (exact) mass is 342 g/mol. The third-order valence-electron chi connectivity index (χ3n) is 4.14. The Morgan fingerprint density at radius 3 is 2.76 bits per heavy atom. The maximum Gasteiger partial charge on any atom is 0.329 e. The van der Waals surface area contributed by atoms with E-state index in [1.807, 2.05) is 4.90 Å². The Hall–Kier alpha value is -3.03. The Morgan fingerprint density at radius 1 is 1.24 bits per heavy atom. The molecule has 2 aromatic rings. The number of ether oxygens (including phenoxy) is 1. The van der Waals surface area contributed by atoms with Gasteiger partial charge in [0.15, 0.2) is 0 Å². The van der Waals surface area contributed by atoms with Crippen LogP contribution in [0.2, 0.25) is 0 Å². The summed E-state index contributed by atoms with van der Waals surface area (Å²) in [5.74, 6) is 0.0835. The van der Waals surface area contributed by atoms with Crippen molar-refractivity contribution in [3.63, 3.8) is 0 Å². The lowest BCUT2D eigenvalue weighted by atomic mass is 10.0. The summed E-state index contributed by atoms with van der Waals surface area (Å²) in [6.07, 6.45) is 5.77. The third kappa shape index (κ3) is 3.90. The van der Waals surface area contributed by atoms with E-state index < -0.39 is 16.9 Å². The van der Waals surface area contributed by atoms with Crippen molar-refractivity contribution in [1.82, 2.24) is 9.97 Å². The molecule has 1 fully saturated rings. The lowest BCUT2D eigenvalue weighted by molar-refractivity contribution is -0.385. The lowest BCUT2D eigenvalue weighted by Crippen LogP contribution is -2.46. The van der Waals surface area contributed by atoms with Crippen molar-refractivity contribution in [2.45, 2.75) is 31.9 Å². The molecule has 1 aromatic carbocycles. The SMILES string of the molecule is O=C(OCc1ccccc1[N+](=O)[O-])[C@@H]1CCCCN1c1ncccn1. The van der Waals surface area contributed by atoms with E-state index in [4.69, 9.17) is 4.74 Å². The second kappa shape index (κ2) is 7.69. The van der Waals surface area contributed by atoms with Crippen LogP contribution < -0.4 is 4.90 Å². The van der Waals surface area contributed by atoms with Crippen molar-refractivity contribution in [3.8, 4) is 0 Å². The average molecular weight is 342 g/mol. The van der Waals surface area contributed by atoms with Crippen molar-refractivity contribution in [1.29, 1.82) is 0 Å². The van der Waals surface area contributed by atoms with Crippen molar-refractivity contribution in [2.75, 3.05) is 11.4 Å². The molecule has 3 rings (SSSR count). The second-order valence-corrected chi connectivity index (χ2v) is 5.75. The standard InChI is InChI=1S/C17H18N4O4/c22-16(25-12-13-6-1-2-7-14(13)21(23)24)15-8-3-4-11-20(15)17-18-9-5-10-19-17/h1-2,5-7,9-10,15H,3-4,8,11-12H2/t15-/m0/s1. The second-order valence-electron chi connectivity index (χ2n) is 5.75. The first kappa shape index (κ1) is 16.8. The number of esters is 1. The Labute approximate surface area is 144 Å². The molecule has 0 radical (unpaired) electrons. The minimum absolute atomic E-state index is 0.0535. The highest BCUT2D eigenvalue weighted by molar-refractivity contribution is 5.79. The molecule has 8 nitrogen and oxygen atoms in total. The summed E-state index contributed by atoms with van der Waals surface area (Å²) < 4.78 is 5.37. The summed E-state index contributed by atoms with van der Waals surface area (Å²) in [7, 11) is 0. The van der Waals surface area contributed by atoms with Crippen molar-refractivity contribution >= 4 is 17.6 Å². The molecule has 1 saturated heterocycles. The summed E-state index contributed by atoms with van der Waals surface area (Å²) in [4.78, 5) is 33.4. The van der Waals surface area contributed by atoms with Gasteiger partial charge in [0, 0.05) is 25.0 Å². The van der Waals surface area contributed by atoms with Gasteiger partial charge < -0.3 is 9.64 Å². The number of rotatable bonds is 5. The van der Waals surface area contributed by atoms with Crippen LogP contribution >= 0.6 is 0 Å². The molecule has 25 heavy (non-hydrogen) atoms. The molecule has 0 amide bonds. The number of anilines is 1. The molecular formula is C17H18N4O4. The zero-order chi connectivity index (χ0) is 17.6. The van der Waals surface area contributed by atoms with E-state index in [0.29, 0.717) is 24.5 Å². The van der Waals surface area contributed by atoms with Crippen LogP contribution in [0.5, 0.6) is 0 Å². The number of carbonyl (C=O) groups is 1. The fourth-order valence-electron chi connectivity index (χ4n) is 2.91. The number of hydrogen-bond donors (Lipinski definition) is 0. The quantitative estimate of drug-likeness (QED) is 0.467. The Bertz CT molecular complexity index is 753. The van der Waals surface area contributed by atoms with E-state index in [2.05, 4.69) is 9.97 Å². The predicted octanol–water partition coefficient (Wildman–Crippen LogP) is 2.49. The number of nitrogens with zero attached hydrogens (tertiary/aromatic N) is 4. The van der Waals surface area contributed by atoms with Crippen LogP contribution in [-0.2, 0) is 16.1 Å². The normalized spacial score (nSPS) is 17.1. The molecule has 0 aliphatic carbocycles. The molecule has 0 unspecified atom stereocenters. The van der Waals surface area contributed by atoms with E-state index in [1.54, 1.807) is 36.7 Å². The largest absolute Gasteiger partial charge is 0.459 e. The molecule has 1 aromatic heterocycles. The number of piperidine rings is 1. The van der Waals surface area contributed by atoms with Crippen LogP contribution in [0.3, 0.4) is 0 Å². The Morgan fingerprint density at radius 2 is 2.00 bits per heavy atom. The van der Waals surface area contributed by atoms with E-state index in [9.17, 15) is 14.9 Å². The molecule has 1 aliphatic rings. The van der Waals surface area contributed by atoms with E-state index in [-0.39, 0.29) is 12.3 Å². The van der Waals surface area contributed by atoms with Crippen molar-refractivity contribution in [3.05, 3.63) is 58.4 Å². The van der Waals surface area contributed by atoms with Gasteiger partial charge in [-0.25, -0.2) is 14.8 Å². The van der Waals surface area contributed by atoms with Crippen LogP contribution in [0.25, 0.3) is 0 Å². The van der Waals surface area contributed by atoms with Gasteiger partial charge in [0.25, 0.3) is 5.69 Å². The minimum atomic E-state index is -0.478. The van der Waals surface area contributed by atoms with Gasteiger partial charge in [-0.05, 0) is 31.4 Å². The van der Waals surface area contributed by atoms with Gasteiger partial charge in [0.05, 0.1) is 10.5 Å². The number of hydrogen-bond acceptors (Lipinski definition) is 7. The molecular weight excluding hydrogens is 324 g/mol. The lowest BCUT2D eigenvalue weighted by Gasteiger charge is -2.33. The molecule has 1 aliphatic heterocycles. The fraction of sp³-hybridized carbons (Fsp3) is 0.353. The van der Waals surface area contributed by atoms with Gasteiger partial charge in [-0.3, -0.25) is 10.1 Å². The maximum absolute atomic E-state index is 12.5. The topological polar surface area (TPSA) is 98.5 Å². The highest BCUT2D eigenvalue weighted by Gasteiger charge is 2.32. The molecule has 0 bridgehead atoms. The Balaban J connectivity index is 1.70. The number of nitro groups is 1. The van der Waals surface area contributed by atoms with E-state index in [1.165, 1.54) is 6.07 Å². The number of nitro benzene ring substituents is 1. The number of benzene rings is 1. The van der Waals surface area contributed by atoms with Gasteiger partial charge in [-0.2, -0.15) is 0 Å². The van der Waals surface area contributed by atoms with Crippen LogP contribution in [0.1, 0.15) is 24.8 Å². The summed E-state index contributed by atoms with van der Waals surface area (Å²) in [6, 6.07) is 7.49. The third-order valence-corrected chi connectivity index (χ3v) is 4.14. The Kier molecular flexibility index (Phi) is 5.17. The zero-order valence-corrected chi connectivity index (χ0v) is 13.6. The molecule has 0 N–H and O–H groups in total. The van der Waals surface area contributed by atoms with Gasteiger partial charge in [-0.1, -0.05) is 12.1 Å². The van der Waals surface area contributed by atoms with Crippen molar-refractivity contribution < 1.29 is 14.5 Å². The number of aromatic nitrogens is 2. The zero-order valence-electron chi connectivity index (χ0n) is 13.6. The number of carbonyl (C=O) groups excluding carboxylic acids is 1. The van der Waals surface area contributed by atoms with Crippen LogP contribution in [0.4, 0.5) is 11.6 Å². The predicted molar refractivity (Wildman–Crippen MR) is 89.9 cm³/mol. The molecule has 130 valence electrons. The average Bonchev–Trinajstić information content (AvgIpc) is 2.67. The highest BCUT2D eigenvalue weighted by atomic mass is 16.6. The van der Waals surface area contributed by atoms with Crippen LogP contribution in [0.15, 0.2) is 42.7 Å². The van der Waals surface area contributed by atoms with E-state index in [0.717, 1.165) is 12.8 Å². The van der Waals surface area contributed by atoms with Gasteiger partial charge >= 0.3 is 5.97 Å². The van der Waals surface area contributed by atoms with E-state index >= 15 is 0 Å². The highest BCUT2D eigenvalue weighted by Crippen LogP contribution is 2.24. The van der Waals surface area contributed by atoms with Crippen molar-refractivity contribution in [2.24, 2.45) is 0 Å². The summed E-state index contributed by atoms with van der Waals surface area (Å²) >= 11 is 0. The minimum Gasteiger partial charge on any atom is -0.459 e. The van der Waals surface area contributed by atoms with Gasteiger partial charge in [0.1, 0.15) is 12.6 Å². The first-order valence-corrected chi connectivity index (χ1v) is 8.09. The molecule has 0 saturated carbocycles. The first-order valence-electron chi connectivity index (χ1n) is 8.09. The molecule has 1 atom stereocenters. The fourth-order valence-corrected chi connectivity index (χ4v) is 2.91. The molecule has 2 heterocycles. The van der Waals surface area contributed by atoms with Crippen LogP contribution in [-0.4, -0.2) is 33.4 Å². The first-order chi connectivity index (χ1) is 12.2.